The molecule has 1 atom stereocenters. The molecule has 122 valence electrons. The molecule has 5 heteroatoms. The summed E-state index contributed by atoms with van der Waals surface area (Å²) in [6.07, 6.45) is 2.00. The molecule has 1 aromatic carbocycles. The zero-order valence-electron chi connectivity index (χ0n) is 13.7. The van der Waals surface area contributed by atoms with Crippen LogP contribution in [0.1, 0.15) is 37.8 Å². The molecule has 0 fully saturated rings. The molecule has 0 N–H and O–H groups in total. The molecule has 0 bridgehead atoms. The summed E-state index contributed by atoms with van der Waals surface area (Å²) in [6.45, 7) is 5.54. The van der Waals surface area contributed by atoms with Crippen molar-refractivity contribution in [3.63, 3.8) is 0 Å². The van der Waals surface area contributed by atoms with Crippen LogP contribution >= 0.6 is 0 Å². The smallest absolute Gasteiger partial charge is 0.348 e. The molecule has 1 rings (SSSR count). The van der Waals surface area contributed by atoms with E-state index in [2.05, 4.69) is 0 Å². The first-order chi connectivity index (χ1) is 11.0. The SMILES string of the molecule is CCC(C)OC(=O)CCOC(=O)C(C#N)=Cc1ccc(C)cc1. The summed E-state index contributed by atoms with van der Waals surface area (Å²) in [5.74, 6) is -1.17. The first-order valence-electron chi connectivity index (χ1n) is 7.51. The molecule has 0 aliphatic carbocycles. The van der Waals surface area contributed by atoms with Gasteiger partial charge in [-0.05, 0) is 31.9 Å². The second-order valence-electron chi connectivity index (χ2n) is 5.18. The minimum absolute atomic E-state index is 0.0285. The van der Waals surface area contributed by atoms with Crippen LogP contribution in [0, 0.1) is 18.3 Å². The number of carbonyl (C=O) groups excluding carboxylic acids is 2. The van der Waals surface area contributed by atoms with Gasteiger partial charge in [0, 0.05) is 0 Å². The maximum absolute atomic E-state index is 11.8. The van der Waals surface area contributed by atoms with E-state index >= 15 is 0 Å². The van der Waals surface area contributed by atoms with E-state index in [1.165, 1.54) is 6.08 Å². The molecular weight excluding hydrogens is 294 g/mol. The van der Waals surface area contributed by atoms with Crippen molar-refractivity contribution in [3.05, 3.63) is 41.0 Å². The predicted molar refractivity (Wildman–Crippen MR) is 86.2 cm³/mol. The van der Waals surface area contributed by atoms with Crippen molar-refractivity contribution in [1.29, 1.82) is 5.26 Å². The summed E-state index contributed by atoms with van der Waals surface area (Å²) in [5, 5.41) is 9.06. The Morgan fingerprint density at radius 2 is 1.96 bits per heavy atom. The van der Waals surface area contributed by atoms with Crippen LogP contribution in [0.5, 0.6) is 0 Å². The molecule has 0 amide bonds. The second-order valence-corrected chi connectivity index (χ2v) is 5.18. The number of esters is 2. The Bertz CT molecular complexity index is 611. The number of benzene rings is 1. The second kappa shape index (κ2) is 9.42. The van der Waals surface area contributed by atoms with E-state index in [1.807, 2.05) is 44.2 Å². The molecule has 0 aliphatic heterocycles. The van der Waals surface area contributed by atoms with Crippen LogP contribution in [0.4, 0.5) is 0 Å². The predicted octanol–water partition coefficient (Wildman–Crippen LogP) is 3.18. The maximum atomic E-state index is 11.8. The molecule has 0 aromatic heterocycles. The molecule has 5 nitrogen and oxygen atoms in total. The Morgan fingerprint density at radius 3 is 2.52 bits per heavy atom. The topological polar surface area (TPSA) is 76.4 Å². The molecule has 0 saturated carbocycles. The van der Waals surface area contributed by atoms with Crippen LogP contribution in [-0.4, -0.2) is 24.6 Å². The van der Waals surface area contributed by atoms with E-state index in [4.69, 9.17) is 14.7 Å². The lowest BCUT2D eigenvalue weighted by molar-refractivity contribution is -0.151. The van der Waals surface area contributed by atoms with E-state index < -0.39 is 11.9 Å². The van der Waals surface area contributed by atoms with Crippen LogP contribution < -0.4 is 0 Å². The van der Waals surface area contributed by atoms with Gasteiger partial charge in [-0.3, -0.25) is 4.79 Å². The highest BCUT2D eigenvalue weighted by molar-refractivity contribution is 5.97. The maximum Gasteiger partial charge on any atom is 0.348 e. The number of rotatable bonds is 7. The van der Waals surface area contributed by atoms with Gasteiger partial charge in [-0.2, -0.15) is 5.26 Å². The summed E-state index contributed by atoms with van der Waals surface area (Å²) in [6, 6.07) is 9.20. The fraction of sp³-hybridized carbons (Fsp3) is 0.389. The lowest BCUT2D eigenvalue weighted by atomic mass is 10.1. The lowest BCUT2D eigenvalue weighted by Gasteiger charge is -2.10. The summed E-state index contributed by atoms with van der Waals surface area (Å²) in [5.41, 5.74) is 1.72. The van der Waals surface area contributed by atoms with Crippen LogP contribution in [0.3, 0.4) is 0 Å². The van der Waals surface area contributed by atoms with Crippen LogP contribution in [-0.2, 0) is 19.1 Å². The number of ether oxygens (including phenoxy) is 2. The van der Waals surface area contributed by atoms with Gasteiger partial charge in [-0.1, -0.05) is 36.8 Å². The van der Waals surface area contributed by atoms with Crippen LogP contribution in [0.25, 0.3) is 6.08 Å². The Kier molecular flexibility index (Phi) is 7.55. The Labute approximate surface area is 136 Å². The van der Waals surface area contributed by atoms with Crippen molar-refractivity contribution in [2.24, 2.45) is 0 Å². The van der Waals surface area contributed by atoms with Gasteiger partial charge >= 0.3 is 11.9 Å². The highest BCUT2D eigenvalue weighted by Gasteiger charge is 2.13. The fourth-order valence-corrected chi connectivity index (χ4v) is 1.64. The van der Waals surface area contributed by atoms with Gasteiger partial charge < -0.3 is 9.47 Å². The number of carbonyl (C=O) groups is 2. The van der Waals surface area contributed by atoms with Crippen molar-refractivity contribution in [2.45, 2.75) is 39.7 Å². The van der Waals surface area contributed by atoms with Crippen molar-refractivity contribution in [1.82, 2.24) is 0 Å². The quantitative estimate of drug-likeness (QED) is 0.439. The molecule has 0 aliphatic rings. The third-order valence-electron chi connectivity index (χ3n) is 3.18. The molecule has 1 aromatic rings. The van der Waals surface area contributed by atoms with Gasteiger partial charge in [-0.15, -0.1) is 0 Å². The molecule has 23 heavy (non-hydrogen) atoms. The average molecular weight is 315 g/mol. The number of hydrogen-bond acceptors (Lipinski definition) is 5. The summed E-state index contributed by atoms with van der Waals surface area (Å²) >= 11 is 0. The van der Waals surface area contributed by atoms with Gasteiger partial charge in [0.05, 0.1) is 12.5 Å². The van der Waals surface area contributed by atoms with Crippen molar-refractivity contribution in [2.75, 3.05) is 6.61 Å². The van der Waals surface area contributed by atoms with E-state index in [0.717, 1.165) is 17.5 Å². The van der Waals surface area contributed by atoms with Crippen molar-refractivity contribution >= 4 is 18.0 Å². The molecule has 0 heterocycles. The van der Waals surface area contributed by atoms with E-state index in [0.29, 0.717) is 0 Å². The monoisotopic (exact) mass is 315 g/mol. The largest absolute Gasteiger partial charge is 0.463 e. The number of nitriles is 1. The van der Waals surface area contributed by atoms with Gasteiger partial charge in [0.15, 0.2) is 0 Å². The van der Waals surface area contributed by atoms with Gasteiger partial charge in [0.2, 0.25) is 0 Å². The van der Waals surface area contributed by atoms with Gasteiger partial charge in [0.1, 0.15) is 18.2 Å². The number of hydrogen-bond donors (Lipinski definition) is 0. The summed E-state index contributed by atoms with van der Waals surface area (Å²) in [7, 11) is 0. The Balaban J connectivity index is 2.53. The molecule has 0 spiro atoms. The van der Waals surface area contributed by atoms with Gasteiger partial charge in [-0.25, -0.2) is 4.79 Å². The summed E-state index contributed by atoms with van der Waals surface area (Å²) < 4.78 is 10.0. The molecule has 0 radical (unpaired) electrons. The zero-order valence-corrected chi connectivity index (χ0v) is 13.7. The standard InChI is InChI=1S/C18H21NO4/c1-4-14(3)23-17(20)9-10-22-18(21)16(12-19)11-15-7-5-13(2)6-8-15/h5-8,11,14H,4,9-10H2,1-3H3. The number of aryl methyl sites for hydroxylation is 1. The van der Waals surface area contributed by atoms with E-state index in [9.17, 15) is 9.59 Å². The highest BCUT2D eigenvalue weighted by Crippen LogP contribution is 2.10. The highest BCUT2D eigenvalue weighted by atomic mass is 16.6. The molecular formula is C18H21NO4. The average Bonchev–Trinajstić information content (AvgIpc) is 2.53. The fourth-order valence-electron chi connectivity index (χ4n) is 1.64. The van der Waals surface area contributed by atoms with Crippen LogP contribution in [0.2, 0.25) is 0 Å². The van der Waals surface area contributed by atoms with Crippen molar-refractivity contribution < 1.29 is 19.1 Å². The van der Waals surface area contributed by atoms with E-state index in [-0.39, 0.29) is 24.7 Å². The normalized spacial score (nSPS) is 12.2. The van der Waals surface area contributed by atoms with Crippen LogP contribution in [0.15, 0.2) is 29.8 Å². The van der Waals surface area contributed by atoms with Gasteiger partial charge in [0.25, 0.3) is 0 Å². The first kappa shape index (κ1) is 18.4. The molecule has 0 saturated heterocycles. The Hall–Kier alpha value is -2.61. The first-order valence-corrected chi connectivity index (χ1v) is 7.51. The zero-order chi connectivity index (χ0) is 17.2. The Morgan fingerprint density at radius 1 is 1.30 bits per heavy atom. The third-order valence-corrected chi connectivity index (χ3v) is 3.18. The van der Waals surface area contributed by atoms with E-state index in [1.54, 1.807) is 6.92 Å². The third kappa shape index (κ3) is 6.79. The summed E-state index contributed by atoms with van der Waals surface area (Å²) in [4.78, 5) is 23.3. The lowest BCUT2D eigenvalue weighted by Crippen LogP contribution is -2.17. The minimum Gasteiger partial charge on any atom is -0.463 e. The van der Waals surface area contributed by atoms with Crippen molar-refractivity contribution in [3.8, 4) is 6.07 Å². The minimum atomic E-state index is -0.746. The molecule has 1 unspecified atom stereocenters. The number of nitrogens with zero attached hydrogens (tertiary/aromatic N) is 1.